The summed E-state index contributed by atoms with van der Waals surface area (Å²) >= 11 is 0. The zero-order valence-electron chi connectivity index (χ0n) is 7.60. The number of amides is 1. The van der Waals surface area contributed by atoms with Gasteiger partial charge in [-0.15, -0.1) is 0 Å². The molecule has 0 aromatic heterocycles. The highest BCUT2D eigenvalue weighted by Crippen LogP contribution is 2.30. The summed E-state index contributed by atoms with van der Waals surface area (Å²) in [5, 5.41) is 8.86. The molecule has 2 aliphatic rings. The number of piperidine rings is 1. The Morgan fingerprint density at radius 1 is 1.36 bits per heavy atom. The molecule has 2 saturated heterocycles. The van der Waals surface area contributed by atoms with Crippen molar-refractivity contribution in [3.63, 3.8) is 0 Å². The van der Waals surface area contributed by atoms with Crippen LogP contribution >= 0.6 is 0 Å². The number of carboxylic acid groups (broad SMARTS) is 1. The second-order valence-corrected chi connectivity index (χ2v) is 3.81. The standard InChI is InChI=1S/C9H11NO4/c11-6-3-5-1-2-7(9(13)14)10(5)8(12)4-6/h5,7H,1-4H2,(H,13,14)/t5?,7-/m0/s1. The lowest BCUT2D eigenvalue weighted by molar-refractivity contribution is -0.153. The van der Waals surface area contributed by atoms with Crippen molar-refractivity contribution < 1.29 is 19.5 Å². The zero-order chi connectivity index (χ0) is 10.3. The minimum Gasteiger partial charge on any atom is -0.480 e. The van der Waals surface area contributed by atoms with Crippen molar-refractivity contribution >= 4 is 17.7 Å². The van der Waals surface area contributed by atoms with Crippen LogP contribution in [0.4, 0.5) is 0 Å². The van der Waals surface area contributed by atoms with Gasteiger partial charge in [0.15, 0.2) is 0 Å². The minimum atomic E-state index is -0.963. The van der Waals surface area contributed by atoms with E-state index in [1.807, 2.05) is 0 Å². The molecular formula is C9H11NO4. The van der Waals surface area contributed by atoms with Gasteiger partial charge in [-0.05, 0) is 12.8 Å². The summed E-state index contributed by atoms with van der Waals surface area (Å²) < 4.78 is 0. The number of hydrogen-bond acceptors (Lipinski definition) is 3. The Morgan fingerprint density at radius 2 is 2.07 bits per heavy atom. The van der Waals surface area contributed by atoms with Gasteiger partial charge in [-0.2, -0.15) is 0 Å². The van der Waals surface area contributed by atoms with Crippen LogP contribution in [0.3, 0.4) is 0 Å². The zero-order valence-corrected chi connectivity index (χ0v) is 7.60. The minimum absolute atomic E-state index is 0.0673. The number of aliphatic carboxylic acids is 1. The van der Waals surface area contributed by atoms with Gasteiger partial charge in [0, 0.05) is 12.5 Å². The number of hydrogen-bond donors (Lipinski definition) is 1. The Kier molecular flexibility index (Phi) is 2.02. The predicted octanol–water partition coefficient (Wildman–Crippen LogP) is -0.207. The monoisotopic (exact) mass is 197 g/mol. The third-order valence-corrected chi connectivity index (χ3v) is 2.89. The highest BCUT2D eigenvalue weighted by atomic mass is 16.4. The van der Waals surface area contributed by atoms with Crippen LogP contribution in [0.15, 0.2) is 0 Å². The van der Waals surface area contributed by atoms with Gasteiger partial charge < -0.3 is 10.0 Å². The summed E-state index contributed by atoms with van der Waals surface area (Å²) in [6, 6.07) is -0.870. The third kappa shape index (κ3) is 1.29. The summed E-state index contributed by atoms with van der Waals surface area (Å²) in [5.41, 5.74) is 0. The Bertz CT molecular complexity index is 312. The molecule has 5 heteroatoms. The molecule has 2 rings (SSSR count). The Hall–Kier alpha value is -1.39. The molecule has 2 fully saturated rings. The average molecular weight is 197 g/mol. The molecule has 1 N–H and O–H groups in total. The van der Waals surface area contributed by atoms with Crippen LogP contribution in [0, 0.1) is 0 Å². The fourth-order valence-electron chi connectivity index (χ4n) is 2.30. The van der Waals surface area contributed by atoms with E-state index in [-0.39, 0.29) is 24.2 Å². The maximum Gasteiger partial charge on any atom is 0.326 e. The molecule has 0 spiro atoms. The smallest absolute Gasteiger partial charge is 0.326 e. The quantitative estimate of drug-likeness (QED) is 0.590. The first kappa shape index (κ1) is 9.18. The number of carbonyl (C=O) groups excluding carboxylic acids is 2. The first-order chi connectivity index (χ1) is 6.59. The van der Waals surface area contributed by atoms with Crippen LogP contribution in [0.1, 0.15) is 25.7 Å². The molecule has 76 valence electrons. The van der Waals surface area contributed by atoms with Gasteiger partial charge in [0.05, 0.1) is 6.42 Å². The molecule has 14 heavy (non-hydrogen) atoms. The van der Waals surface area contributed by atoms with Gasteiger partial charge >= 0.3 is 5.97 Å². The number of nitrogens with zero attached hydrogens (tertiary/aromatic N) is 1. The third-order valence-electron chi connectivity index (χ3n) is 2.89. The molecule has 0 bridgehead atoms. The number of ketones is 1. The van der Waals surface area contributed by atoms with E-state index >= 15 is 0 Å². The molecule has 0 aliphatic carbocycles. The van der Waals surface area contributed by atoms with Crippen LogP contribution in [0.25, 0.3) is 0 Å². The lowest BCUT2D eigenvalue weighted by Crippen LogP contribution is -2.49. The molecule has 0 aromatic carbocycles. The fourth-order valence-corrected chi connectivity index (χ4v) is 2.30. The van der Waals surface area contributed by atoms with E-state index in [1.165, 1.54) is 4.90 Å². The highest BCUT2D eigenvalue weighted by Gasteiger charge is 2.44. The van der Waals surface area contributed by atoms with Gasteiger partial charge in [-0.25, -0.2) is 4.79 Å². The molecule has 0 saturated carbocycles. The van der Waals surface area contributed by atoms with Crippen molar-refractivity contribution in [1.29, 1.82) is 0 Å². The van der Waals surface area contributed by atoms with E-state index < -0.39 is 12.0 Å². The maximum absolute atomic E-state index is 11.4. The van der Waals surface area contributed by atoms with E-state index in [0.29, 0.717) is 19.3 Å². The normalized spacial score (nSPS) is 31.9. The highest BCUT2D eigenvalue weighted by molar-refractivity contribution is 6.02. The summed E-state index contributed by atoms with van der Waals surface area (Å²) in [7, 11) is 0. The molecule has 2 atom stereocenters. The van der Waals surface area contributed by atoms with Crippen LogP contribution in [-0.4, -0.2) is 39.7 Å². The molecule has 2 aliphatic heterocycles. The van der Waals surface area contributed by atoms with E-state index in [4.69, 9.17) is 5.11 Å². The summed E-state index contributed by atoms with van der Waals surface area (Å²) in [4.78, 5) is 34.7. The number of fused-ring (bicyclic) bond motifs is 1. The molecule has 2 heterocycles. The number of rotatable bonds is 1. The first-order valence-corrected chi connectivity index (χ1v) is 4.65. The van der Waals surface area contributed by atoms with Crippen LogP contribution < -0.4 is 0 Å². The second kappa shape index (κ2) is 3.08. The predicted molar refractivity (Wildman–Crippen MR) is 45.5 cm³/mol. The Morgan fingerprint density at radius 3 is 2.71 bits per heavy atom. The van der Waals surface area contributed by atoms with Gasteiger partial charge in [-0.1, -0.05) is 0 Å². The molecule has 5 nitrogen and oxygen atoms in total. The maximum atomic E-state index is 11.4. The van der Waals surface area contributed by atoms with Crippen molar-refractivity contribution in [2.75, 3.05) is 0 Å². The number of carbonyl (C=O) groups is 3. The molecule has 0 aromatic rings. The van der Waals surface area contributed by atoms with E-state index in [2.05, 4.69) is 0 Å². The lowest BCUT2D eigenvalue weighted by atomic mass is 10.0. The van der Waals surface area contributed by atoms with E-state index in [0.717, 1.165) is 0 Å². The lowest BCUT2D eigenvalue weighted by Gasteiger charge is -2.31. The topological polar surface area (TPSA) is 74.7 Å². The summed E-state index contributed by atoms with van der Waals surface area (Å²) in [6.45, 7) is 0. The molecule has 1 unspecified atom stereocenters. The molecule has 1 amide bonds. The van der Waals surface area contributed by atoms with E-state index in [9.17, 15) is 14.4 Å². The van der Waals surface area contributed by atoms with Crippen molar-refractivity contribution in [3.05, 3.63) is 0 Å². The fraction of sp³-hybridized carbons (Fsp3) is 0.667. The number of Topliss-reactive ketones (excluding diaryl/α,β-unsaturated/α-hetero) is 1. The summed E-state index contributed by atoms with van der Waals surface area (Å²) in [6.07, 6.45) is 1.31. The van der Waals surface area contributed by atoms with Crippen LogP contribution in [0.2, 0.25) is 0 Å². The average Bonchev–Trinajstić information content (AvgIpc) is 2.47. The van der Waals surface area contributed by atoms with Gasteiger partial charge in [0.25, 0.3) is 0 Å². The molecular weight excluding hydrogens is 186 g/mol. The van der Waals surface area contributed by atoms with Crippen molar-refractivity contribution in [3.8, 4) is 0 Å². The van der Waals surface area contributed by atoms with Crippen molar-refractivity contribution in [1.82, 2.24) is 4.90 Å². The van der Waals surface area contributed by atoms with Gasteiger partial charge in [0.2, 0.25) is 5.91 Å². The van der Waals surface area contributed by atoms with Gasteiger partial charge in [-0.3, -0.25) is 9.59 Å². The van der Waals surface area contributed by atoms with Crippen molar-refractivity contribution in [2.45, 2.75) is 37.8 Å². The SMILES string of the molecule is O=C1CC(=O)N2C(CC[C@H]2C(=O)O)C1. The van der Waals surface area contributed by atoms with E-state index in [1.54, 1.807) is 0 Å². The molecule has 0 radical (unpaired) electrons. The largest absolute Gasteiger partial charge is 0.480 e. The Labute approximate surface area is 80.7 Å². The second-order valence-electron chi connectivity index (χ2n) is 3.81. The van der Waals surface area contributed by atoms with Gasteiger partial charge in [0.1, 0.15) is 11.8 Å². The Balaban J connectivity index is 2.21. The van der Waals surface area contributed by atoms with Crippen molar-refractivity contribution in [2.24, 2.45) is 0 Å². The van der Waals surface area contributed by atoms with Crippen LogP contribution in [-0.2, 0) is 14.4 Å². The first-order valence-electron chi connectivity index (χ1n) is 4.65. The van der Waals surface area contributed by atoms with Crippen LogP contribution in [0.5, 0.6) is 0 Å². The number of carboxylic acids is 1. The summed E-state index contributed by atoms with van der Waals surface area (Å²) in [5.74, 6) is -1.35.